The number of piperidine rings is 1. The highest BCUT2D eigenvalue weighted by atomic mass is 32.2. The van der Waals surface area contributed by atoms with E-state index >= 15 is 0 Å². The van der Waals surface area contributed by atoms with Gasteiger partial charge in [-0.3, -0.25) is 4.79 Å². The molecule has 29 heavy (non-hydrogen) atoms. The molecule has 0 spiro atoms. The SMILES string of the molecule is CCN(C)Cc1cccc(CNC(=O)c2ccc(S(=O)(=O)N3CCCCC3)o2)c1. The molecule has 1 amide bonds. The van der Waals surface area contributed by atoms with E-state index in [1.54, 1.807) is 0 Å². The molecule has 1 fully saturated rings. The van der Waals surface area contributed by atoms with Gasteiger partial charge in [0.05, 0.1) is 0 Å². The number of amides is 1. The van der Waals surface area contributed by atoms with Gasteiger partial charge in [0.2, 0.25) is 5.09 Å². The summed E-state index contributed by atoms with van der Waals surface area (Å²) < 4.78 is 32.1. The van der Waals surface area contributed by atoms with E-state index in [2.05, 4.69) is 36.3 Å². The third kappa shape index (κ3) is 5.46. The van der Waals surface area contributed by atoms with Gasteiger partial charge in [-0.2, -0.15) is 4.31 Å². The highest BCUT2D eigenvalue weighted by Gasteiger charge is 2.29. The van der Waals surface area contributed by atoms with Crippen molar-refractivity contribution in [2.75, 3.05) is 26.7 Å². The van der Waals surface area contributed by atoms with Gasteiger partial charge >= 0.3 is 0 Å². The van der Waals surface area contributed by atoms with E-state index in [-0.39, 0.29) is 10.9 Å². The Bertz CT molecular complexity index is 933. The van der Waals surface area contributed by atoms with Crippen molar-refractivity contribution in [3.63, 3.8) is 0 Å². The van der Waals surface area contributed by atoms with Crippen molar-refractivity contribution in [2.45, 2.75) is 44.4 Å². The van der Waals surface area contributed by atoms with Crippen LogP contribution < -0.4 is 5.32 Å². The van der Waals surface area contributed by atoms with E-state index in [9.17, 15) is 13.2 Å². The Balaban J connectivity index is 1.61. The summed E-state index contributed by atoms with van der Waals surface area (Å²) in [4.78, 5) is 14.6. The highest BCUT2D eigenvalue weighted by Crippen LogP contribution is 2.22. The fourth-order valence-electron chi connectivity index (χ4n) is 3.34. The molecule has 0 saturated carbocycles. The number of hydrogen-bond acceptors (Lipinski definition) is 5. The molecule has 1 aromatic carbocycles. The van der Waals surface area contributed by atoms with E-state index in [1.165, 1.54) is 22.0 Å². The summed E-state index contributed by atoms with van der Waals surface area (Å²) in [6.45, 7) is 5.24. The van der Waals surface area contributed by atoms with Gasteiger partial charge in [-0.25, -0.2) is 8.42 Å². The molecule has 1 saturated heterocycles. The molecule has 158 valence electrons. The largest absolute Gasteiger partial charge is 0.438 e. The van der Waals surface area contributed by atoms with Crippen LogP contribution in [0.2, 0.25) is 0 Å². The van der Waals surface area contributed by atoms with E-state index in [4.69, 9.17) is 4.42 Å². The van der Waals surface area contributed by atoms with Gasteiger partial charge in [-0.05, 0) is 49.7 Å². The second-order valence-corrected chi connectivity index (χ2v) is 9.29. The van der Waals surface area contributed by atoms with Crippen molar-refractivity contribution in [2.24, 2.45) is 0 Å². The predicted molar refractivity (Wildman–Crippen MR) is 111 cm³/mol. The molecular weight excluding hydrogens is 390 g/mol. The molecule has 2 heterocycles. The molecule has 1 aliphatic rings. The summed E-state index contributed by atoms with van der Waals surface area (Å²) in [6, 6.07) is 10.8. The Labute approximate surface area is 172 Å². The van der Waals surface area contributed by atoms with E-state index in [1.807, 2.05) is 12.1 Å². The number of sulfonamides is 1. The summed E-state index contributed by atoms with van der Waals surface area (Å²) in [5.74, 6) is -0.427. The number of nitrogens with one attached hydrogen (secondary N) is 1. The van der Waals surface area contributed by atoms with Gasteiger partial charge in [0.1, 0.15) is 0 Å². The summed E-state index contributed by atoms with van der Waals surface area (Å²) >= 11 is 0. The predicted octanol–water partition coefficient (Wildman–Crippen LogP) is 2.84. The smallest absolute Gasteiger partial charge is 0.287 e. The molecule has 0 atom stereocenters. The zero-order chi connectivity index (χ0) is 20.9. The third-order valence-corrected chi connectivity index (χ3v) is 6.92. The second-order valence-electron chi connectivity index (χ2n) is 7.42. The van der Waals surface area contributed by atoms with Crippen LogP contribution in [0.25, 0.3) is 0 Å². The van der Waals surface area contributed by atoms with Gasteiger partial charge in [-0.1, -0.05) is 37.6 Å². The van der Waals surface area contributed by atoms with Crippen LogP contribution in [0.4, 0.5) is 0 Å². The van der Waals surface area contributed by atoms with E-state index < -0.39 is 15.9 Å². The maximum Gasteiger partial charge on any atom is 0.287 e. The van der Waals surface area contributed by atoms with Crippen LogP contribution in [-0.4, -0.2) is 50.2 Å². The maximum atomic E-state index is 12.6. The molecule has 7 nitrogen and oxygen atoms in total. The minimum Gasteiger partial charge on any atom is -0.438 e. The monoisotopic (exact) mass is 419 g/mol. The summed E-state index contributed by atoms with van der Waals surface area (Å²) in [5, 5.41) is 2.63. The zero-order valence-electron chi connectivity index (χ0n) is 17.1. The Morgan fingerprint density at radius 2 is 1.86 bits per heavy atom. The van der Waals surface area contributed by atoms with Crippen LogP contribution in [0.15, 0.2) is 45.9 Å². The Morgan fingerprint density at radius 3 is 2.59 bits per heavy atom. The van der Waals surface area contributed by atoms with Crippen LogP contribution >= 0.6 is 0 Å². The molecule has 1 aromatic heterocycles. The minimum absolute atomic E-state index is 0.00227. The topological polar surface area (TPSA) is 82.9 Å². The number of furan rings is 1. The van der Waals surface area contributed by atoms with Gasteiger partial charge in [0.15, 0.2) is 5.76 Å². The van der Waals surface area contributed by atoms with Crippen LogP contribution in [0, 0.1) is 0 Å². The quantitative estimate of drug-likeness (QED) is 0.711. The number of carbonyl (C=O) groups is 1. The Kier molecular flexibility index (Phi) is 7.10. The fraction of sp³-hybridized carbons (Fsp3) is 0.476. The van der Waals surface area contributed by atoms with Crippen molar-refractivity contribution in [3.8, 4) is 0 Å². The van der Waals surface area contributed by atoms with Gasteiger partial charge in [0.25, 0.3) is 15.9 Å². The van der Waals surface area contributed by atoms with Crippen molar-refractivity contribution < 1.29 is 17.6 Å². The molecule has 3 rings (SSSR count). The Morgan fingerprint density at radius 1 is 1.14 bits per heavy atom. The average molecular weight is 420 g/mol. The molecule has 2 aromatic rings. The van der Waals surface area contributed by atoms with Crippen molar-refractivity contribution >= 4 is 15.9 Å². The van der Waals surface area contributed by atoms with Crippen LogP contribution in [0.1, 0.15) is 47.9 Å². The molecule has 0 radical (unpaired) electrons. The molecule has 1 N–H and O–H groups in total. The number of hydrogen-bond donors (Lipinski definition) is 1. The minimum atomic E-state index is -3.68. The number of benzene rings is 1. The van der Waals surface area contributed by atoms with Crippen molar-refractivity contribution in [1.29, 1.82) is 0 Å². The lowest BCUT2D eigenvalue weighted by Gasteiger charge is -2.24. The standard InChI is InChI=1S/C21H29N3O4S/c1-3-23(2)16-18-9-7-8-17(14-18)15-22-21(25)19-10-11-20(28-19)29(26,27)24-12-5-4-6-13-24/h7-11,14H,3-6,12-13,15-16H2,1-2H3,(H,22,25). The first kappa shape index (κ1) is 21.5. The van der Waals surface area contributed by atoms with Gasteiger partial charge in [-0.15, -0.1) is 0 Å². The first-order valence-electron chi connectivity index (χ1n) is 10.0. The number of carbonyl (C=O) groups excluding carboxylic acids is 1. The molecular formula is C21H29N3O4S. The molecule has 1 aliphatic heterocycles. The zero-order valence-corrected chi connectivity index (χ0v) is 17.9. The highest BCUT2D eigenvalue weighted by molar-refractivity contribution is 7.89. The van der Waals surface area contributed by atoms with Crippen molar-refractivity contribution in [1.82, 2.24) is 14.5 Å². The van der Waals surface area contributed by atoms with Gasteiger partial charge in [0, 0.05) is 26.2 Å². The third-order valence-electron chi connectivity index (χ3n) is 5.15. The van der Waals surface area contributed by atoms with Crippen LogP contribution in [0.3, 0.4) is 0 Å². The maximum absolute atomic E-state index is 12.6. The summed E-state index contributed by atoms with van der Waals surface area (Å²) in [5.41, 5.74) is 2.15. The second kappa shape index (κ2) is 9.56. The van der Waals surface area contributed by atoms with E-state index in [0.29, 0.717) is 19.6 Å². The molecule has 0 bridgehead atoms. The van der Waals surface area contributed by atoms with Crippen LogP contribution in [-0.2, 0) is 23.1 Å². The van der Waals surface area contributed by atoms with Crippen LogP contribution in [0.5, 0.6) is 0 Å². The first-order chi connectivity index (χ1) is 13.9. The summed E-state index contributed by atoms with van der Waals surface area (Å²) in [6.07, 6.45) is 2.73. The van der Waals surface area contributed by atoms with Gasteiger partial charge < -0.3 is 14.6 Å². The lowest BCUT2D eigenvalue weighted by atomic mass is 10.1. The Hall–Kier alpha value is -2.16. The molecule has 8 heteroatoms. The van der Waals surface area contributed by atoms with E-state index in [0.717, 1.165) is 37.9 Å². The average Bonchev–Trinajstić information content (AvgIpc) is 3.24. The number of rotatable bonds is 8. The fourth-order valence-corrected chi connectivity index (χ4v) is 4.77. The lowest BCUT2D eigenvalue weighted by molar-refractivity contribution is 0.0917. The normalized spacial score (nSPS) is 15.6. The molecule has 0 aliphatic carbocycles. The lowest BCUT2D eigenvalue weighted by Crippen LogP contribution is -2.35. The first-order valence-corrected chi connectivity index (χ1v) is 11.5. The summed E-state index contributed by atoms with van der Waals surface area (Å²) in [7, 11) is -1.62. The molecule has 0 unspecified atom stereocenters. The number of nitrogens with zero attached hydrogens (tertiary/aromatic N) is 2. The van der Waals surface area contributed by atoms with Crippen molar-refractivity contribution in [3.05, 3.63) is 53.3 Å².